The van der Waals surface area contributed by atoms with E-state index in [4.69, 9.17) is 17.3 Å². The van der Waals surface area contributed by atoms with Crippen molar-refractivity contribution in [2.24, 2.45) is 0 Å². The van der Waals surface area contributed by atoms with Gasteiger partial charge in [-0.15, -0.1) is 0 Å². The van der Waals surface area contributed by atoms with Gasteiger partial charge in [-0.3, -0.25) is 0 Å². The van der Waals surface area contributed by atoms with Gasteiger partial charge in [0.25, 0.3) is 0 Å². The summed E-state index contributed by atoms with van der Waals surface area (Å²) in [6.45, 7) is 1.79. The lowest BCUT2D eigenvalue weighted by Gasteiger charge is -2.15. The average Bonchev–Trinajstić information content (AvgIpc) is 2.06. The second kappa shape index (κ2) is 4.93. The first-order valence-corrected chi connectivity index (χ1v) is 7.21. The minimum Gasteiger partial charge on any atom is -0.397 e. The predicted octanol–water partition coefficient (Wildman–Crippen LogP) is 1.77. The molecule has 6 heteroatoms. The quantitative estimate of drug-likeness (QED) is 0.811. The highest BCUT2D eigenvalue weighted by atomic mass is 35.5. The summed E-state index contributed by atoms with van der Waals surface area (Å²) in [5.74, 6) is 0.0646. The van der Waals surface area contributed by atoms with Gasteiger partial charge in [0.1, 0.15) is 9.84 Å². The lowest BCUT2D eigenvalue weighted by molar-refractivity contribution is 0.598. The van der Waals surface area contributed by atoms with Gasteiger partial charge in [-0.2, -0.15) is 0 Å². The molecule has 1 aromatic carbocycles. The van der Waals surface area contributed by atoms with Crippen molar-refractivity contribution in [1.29, 1.82) is 0 Å². The fourth-order valence-electron chi connectivity index (χ4n) is 1.43. The molecule has 0 saturated heterocycles. The van der Waals surface area contributed by atoms with Crippen LogP contribution >= 0.6 is 11.6 Å². The number of halogens is 1. The monoisotopic (exact) mass is 262 g/mol. The average molecular weight is 263 g/mol. The maximum absolute atomic E-state index is 11.1. The van der Waals surface area contributed by atoms with Gasteiger partial charge in [0.2, 0.25) is 0 Å². The van der Waals surface area contributed by atoms with E-state index in [0.717, 1.165) is 0 Å². The van der Waals surface area contributed by atoms with Crippen LogP contribution in [0.5, 0.6) is 0 Å². The van der Waals surface area contributed by atoms with E-state index in [-0.39, 0.29) is 11.8 Å². The molecule has 0 saturated carbocycles. The SMILES string of the molecule is CC(CS(C)(=O)=O)Nc1ccc(Cl)cc1N. The molecule has 0 aliphatic heterocycles. The molecule has 16 heavy (non-hydrogen) atoms. The number of nitrogen functional groups attached to an aromatic ring is 1. The van der Waals surface area contributed by atoms with E-state index >= 15 is 0 Å². The molecule has 0 fully saturated rings. The molecule has 0 aliphatic rings. The van der Waals surface area contributed by atoms with Crippen molar-refractivity contribution in [3.05, 3.63) is 23.2 Å². The van der Waals surface area contributed by atoms with E-state index in [1.165, 1.54) is 6.26 Å². The van der Waals surface area contributed by atoms with Crippen LogP contribution in [0.3, 0.4) is 0 Å². The maximum atomic E-state index is 11.1. The van der Waals surface area contributed by atoms with Crippen LogP contribution in [-0.4, -0.2) is 26.5 Å². The van der Waals surface area contributed by atoms with Crippen molar-refractivity contribution in [2.45, 2.75) is 13.0 Å². The summed E-state index contributed by atoms with van der Waals surface area (Å²) in [4.78, 5) is 0. The van der Waals surface area contributed by atoms with E-state index < -0.39 is 9.84 Å². The Kier molecular flexibility index (Phi) is 4.04. The number of hydrogen-bond donors (Lipinski definition) is 2. The highest BCUT2D eigenvalue weighted by Crippen LogP contribution is 2.23. The summed E-state index contributed by atoms with van der Waals surface area (Å²) in [5.41, 5.74) is 6.94. The van der Waals surface area contributed by atoms with Crippen LogP contribution in [0.1, 0.15) is 6.92 Å². The third-order valence-corrected chi connectivity index (χ3v) is 3.31. The topological polar surface area (TPSA) is 72.2 Å². The summed E-state index contributed by atoms with van der Waals surface area (Å²) in [7, 11) is -2.99. The number of benzene rings is 1. The van der Waals surface area contributed by atoms with Gasteiger partial charge in [0.05, 0.1) is 17.1 Å². The lowest BCUT2D eigenvalue weighted by Crippen LogP contribution is -2.25. The lowest BCUT2D eigenvalue weighted by atomic mass is 10.2. The van der Waals surface area contributed by atoms with Gasteiger partial charge in [-0.1, -0.05) is 11.6 Å². The van der Waals surface area contributed by atoms with Crippen molar-refractivity contribution in [2.75, 3.05) is 23.1 Å². The molecule has 1 rings (SSSR count). The standard InChI is InChI=1S/C10H15ClN2O2S/c1-7(6-16(2,14)15)13-10-4-3-8(11)5-9(10)12/h3-5,7,13H,6,12H2,1-2H3. The van der Waals surface area contributed by atoms with Crippen LogP contribution in [0.25, 0.3) is 0 Å². The molecule has 1 unspecified atom stereocenters. The molecule has 4 nitrogen and oxygen atoms in total. The first kappa shape index (κ1) is 13.1. The van der Waals surface area contributed by atoms with E-state index in [2.05, 4.69) is 5.32 Å². The Morgan fingerprint density at radius 1 is 1.50 bits per heavy atom. The molecule has 0 radical (unpaired) electrons. The van der Waals surface area contributed by atoms with Crippen molar-refractivity contribution < 1.29 is 8.42 Å². The zero-order valence-corrected chi connectivity index (χ0v) is 10.8. The van der Waals surface area contributed by atoms with E-state index in [1.807, 2.05) is 0 Å². The number of nitrogens with two attached hydrogens (primary N) is 1. The number of rotatable bonds is 4. The smallest absolute Gasteiger partial charge is 0.149 e. The van der Waals surface area contributed by atoms with Gasteiger partial charge in [-0.25, -0.2) is 8.42 Å². The fourth-order valence-corrected chi connectivity index (χ4v) is 2.60. The zero-order valence-electron chi connectivity index (χ0n) is 9.20. The zero-order chi connectivity index (χ0) is 12.3. The van der Waals surface area contributed by atoms with Crippen molar-refractivity contribution >= 4 is 32.8 Å². The summed E-state index contributed by atoms with van der Waals surface area (Å²) in [5, 5.41) is 3.59. The first-order valence-electron chi connectivity index (χ1n) is 4.77. The van der Waals surface area contributed by atoms with Crippen LogP contribution in [0.2, 0.25) is 5.02 Å². The molecule has 0 heterocycles. The molecule has 0 bridgehead atoms. The van der Waals surface area contributed by atoms with Gasteiger partial charge in [0.15, 0.2) is 0 Å². The Morgan fingerprint density at radius 3 is 2.62 bits per heavy atom. The van der Waals surface area contributed by atoms with Crippen LogP contribution in [-0.2, 0) is 9.84 Å². The molecule has 0 amide bonds. The number of hydrogen-bond acceptors (Lipinski definition) is 4. The van der Waals surface area contributed by atoms with Gasteiger partial charge in [-0.05, 0) is 25.1 Å². The molecule has 3 N–H and O–H groups in total. The third-order valence-electron chi connectivity index (χ3n) is 1.97. The Bertz CT molecular complexity index is 474. The molecule has 1 aromatic rings. The molecular weight excluding hydrogens is 248 g/mol. The van der Waals surface area contributed by atoms with Crippen LogP contribution in [0.4, 0.5) is 11.4 Å². The molecule has 0 aromatic heterocycles. The number of anilines is 2. The fraction of sp³-hybridized carbons (Fsp3) is 0.400. The Balaban J connectivity index is 2.73. The van der Waals surface area contributed by atoms with Crippen molar-refractivity contribution in [3.63, 3.8) is 0 Å². The second-order valence-corrected chi connectivity index (χ2v) is 6.49. The van der Waals surface area contributed by atoms with Gasteiger partial charge >= 0.3 is 0 Å². The Morgan fingerprint density at radius 2 is 2.12 bits per heavy atom. The molecular formula is C10H15ClN2O2S. The predicted molar refractivity (Wildman–Crippen MR) is 68.7 cm³/mol. The molecule has 0 aliphatic carbocycles. The summed E-state index contributed by atoms with van der Waals surface area (Å²) in [6, 6.07) is 4.86. The van der Waals surface area contributed by atoms with Crippen LogP contribution in [0, 0.1) is 0 Å². The Hall–Kier alpha value is -0.940. The minimum absolute atomic E-state index is 0.0646. The normalized spacial score (nSPS) is 13.4. The van der Waals surface area contributed by atoms with Crippen LogP contribution < -0.4 is 11.1 Å². The van der Waals surface area contributed by atoms with Crippen molar-refractivity contribution in [3.8, 4) is 0 Å². The Labute approximate surface area is 101 Å². The summed E-state index contributed by atoms with van der Waals surface area (Å²) >= 11 is 5.76. The molecule has 90 valence electrons. The van der Waals surface area contributed by atoms with E-state index in [0.29, 0.717) is 16.4 Å². The highest BCUT2D eigenvalue weighted by Gasteiger charge is 2.11. The summed E-state index contributed by atoms with van der Waals surface area (Å²) in [6.07, 6.45) is 1.20. The van der Waals surface area contributed by atoms with E-state index in [9.17, 15) is 8.42 Å². The van der Waals surface area contributed by atoms with Crippen LogP contribution in [0.15, 0.2) is 18.2 Å². The van der Waals surface area contributed by atoms with Gasteiger partial charge in [0, 0.05) is 17.3 Å². The largest absolute Gasteiger partial charge is 0.397 e. The second-order valence-electron chi connectivity index (χ2n) is 3.87. The third kappa shape index (κ3) is 4.28. The minimum atomic E-state index is -2.99. The summed E-state index contributed by atoms with van der Waals surface area (Å²) < 4.78 is 22.2. The van der Waals surface area contributed by atoms with Crippen molar-refractivity contribution in [1.82, 2.24) is 0 Å². The first-order chi connectivity index (χ1) is 7.28. The number of sulfone groups is 1. The van der Waals surface area contributed by atoms with Gasteiger partial charge < -0.3 is 11.1 Å². The maximum Gasteiger partial charge on any atom is 0.149 e. The number of nitrogens with one attached hydrogen (secondary N) is 1. The molecule has 1 atom stereocenters. The molecule has 0 spiro atoms. The highest BCUT2D eigenvalue weighted by molar-refractivity contribution is 7.90. The van der Waals surface area contributed by atoms with E-state index in [1.54, 1.807) is 25.1 Å².